The Hall–Kier alpha value is -1.86. The minimum Gasteiger partial charge on any atom is -0.506 e. The molecule has 0 bridgehead atoms. The molecule has 0 atom stereocenters. The highest BCUT2D eigenvalue weighted by Gasteiger charge is 2.20. The number of rotatable bonds is 4. The molecule has 0 fully saturated rings. The molecule has 108 valence electrons. The van der Waals surface area contributed by atoms with E-state index in [2.05, 4.69) is 0 Å². The Bertz CT molecular complexity index is 678. The lowest BCUT2D eigenvalue weighted by atomic mass is 10.3. The van der Waals surface area contributed by atoms with E-state index in [1.54, 1.807) is 41.9 Å². The van der Waals surface area contributed by atoms with Crippen molar-refractivity contribution in [3.63, 3.8) is 0 Å². The second kappa shape index (κ2) is 5.64. The SMILES string of the molecule is Cc1c(N(C)CSO)c(=O)n(-c2ccccc2O)n1C. The first kappa shape index (κ1) is 14.5. The molecule has 2 N–H and O–H groups in total. The van der Waals surface area contributed by atoms with Gasteiger partial charge in [-0.25, -0.2) is 4.68 Å². The molecular formula is C13H17N3O3S. The standard InChI is InChI=1S/C13H17N3O3S/c1-9-12(14(2)8-20-19)13(18)16(15(9)3)10-6-4-5-7-11(10)17/h4-7,17,19H,8H2,1-3H3. The maximum Gasteiger partial charge on any atom is 0.295 e. The van der Waals surface area contributed by atoms with Crippen molar-refractivity contribution in [2.24, 2.45) is 7.05 Å². The molecule has 2 aromatic rings. The van der Waals surface area contributed by atoms with Gasteiger partial charge in [0.2, 0.25) is 0 Å². The third-order valence-corrected chi connectivity index (χ3v) is 3.77. The van der Waals surface area contributed by atoms with Crippen LogP contribution in [0.2, 0.25) is 0 Å². The first-order chi connectivity index (χ1) is 9.49. The average Bonchev–Trinajstić information content (AvgIpc) is 2.62. The van der Waals surface area contributed by atoms with Crippen LogP contribution in [-0.4, -0.2) is 31.9 Å². The summed E-state index contributed by atoms with van der Waals surface area (Å²) in [4.78, 5) is 14.3. The molecule has 0 unspecified atom stereocenters. The fourth-order valence-electron chi connectivity index (χ4n) is 2.20. The van der Waals surface area contributed by atoms with E-state index < -0.39 is 0 Å². The topological polar surface area (TPSA) is 70.6 Å². The van der Waals surface area contributed by atoms with Crippen molar-refractivity contribution in [3.8, 4) is 11.4 Å². The summed E-state index contributed by atoms with van der Waals surface area (Å²) in [6.45, 7) is 1.83. The van der Waals surface area contributed by atoms with Crippen LogP contribution in [0.5, 0.6) is 5.75 Å². The summed E-state index contributed by atoms with van der Waals surface area (Å²) in [5.74, 6) is 0.335. The largest absolute Gasteiger partial charge is 0.506 e. The first-order valence-corrected chi connectivity index (χ1v) is 6.97. The van der Waals surface area contributed by atoms with Crippen molar-refractivity contribution < 1.29 is 9.66 Å². The molecule has 1 aromatic heterocycles. The summed E-state index contributed by atoms with van der Waals surface area (Å²) < 4.78 is 12.0. The number of anilines is 1. The van der Waals surface area contributed by atoms with Crippen LogP contribution in [0.1, 0.15) is 5.69 Å². The van der Waals surface area contributed by atoms with E-state index in [0.717, 1.165) is 5.69 Å². The van der Waals surface area contributed by atoms with Crippen LogP contribution in [0.3, 0.4) is 0 Å². The van der Waals surface area contributed by atoms with Crippen LogP contribution < -0.4 is 10.5 Å². The van der Waals surface area contributed by atoms with Gasteiger partial charge in [0, 0.05) is 26.1 Å². The number of benzene rings is 1. The van der Waals surface area contributed by atoms with Crippen LogP contribution in [0.15, 0.2) is 29.1 Å². The van der Waals surface area contributed by atoms with Crippen molar-refractivity contribution >= 4 is 17.7 Å². The maximum absolute atomic E-state index is 12.6. The van der Waals surface area contributed by atoms with Gasteiger partial charge < -0.3 is 14.6 Å². The van der Waals surface area contributed by atoms with Crippen molar-refractivity contribution in [3.05, 3.63) is 40.3 Å². The van der Waals surface area contributed by atoms with E-state index in [1.807, 2.05) is 6.92 Å². The normalized spacial score (nSPS) is 10.8. The fraction of sp³-hybridized carbons (Fsp3) is 0.308. The first-order valence-electron chi connectivity index (χ1n) is 6.03. The second-order valence-corrected chi connectivity index (χ2v) is 5.04. The van der Waals surface area contributed by atoms with Crippen LogP contribution >= 0.6 is 12.0 Å². The summed E-state index contributed by atoms with van der Waals surface area (Å²) in [5.41, 5.74) is 1.45. The molecule has 2 rings (SSSR count). The monoisotopic (exact) mass is 295 g/mol. The van der Waals surface area contributed by atoms with E-state index in [4.69, 9.17) is 4.55 Å². The van der Waals surface area contributed by atoms with Gasteiger partial charge in [0.1, 0.15) is 17.1 Å². The molecule has 0 saturated heterocycles. The highest BCUT2D eigenvalue weighted by Crippen LogP contribution is 2.23. The average molecular weight is 295 g/mol. The molecule has 7 heteroatoms. The Morgan fingerprint density at radius 1 is 1.35 bits per heavy atom. The van der Waals surface area contributed by atoms with Gasteiger partial charge in [0.15, 0.2) is 0 Å². The lowest BCUT2D eigenvalue weighted by Crippen LogP contribution is -2.26. The Labute approximate surface area is 121 Å². The number of phenols is 1. The molecule has 0 amide bonds. The molecule has 0 radical (unpaired) electrons. The van der Waals surface area contributed by atoms with E-state index >= 15 is 0 Å². The van der Waals surface area contributed by atoms with E-state index in [0.29, 0.717) is 29.3 Å². The molecule has 6 nitrogen and oxygen atoms in total. The lowest BCUT2D eigenvalue weighted by Gasteiger charge is -2.14. The highest BCUT2D eigenvalue weighted by atomic mass is 32.2. The van der Waals surface area contributed by atoms with Crippen LogP contribution in [-0.2, 0) is 7.05 Å². The summed E-state index contributed by atoms with van der Waals surface area (Å²) in [6, 6.07) is 6.68. The minimum atomic E-state index is -0.233. The number of aromatic nitrogens is 2. The molecule has 0 aliphatic rings. The molecule has 1 heterocycles. The highest BCUT2D eigenvalue weighted by molar-refractivity contribution is 7.93. The zero-order chi connectivity index (χ0) is 14.9. The van der Waals surface area contributed by atoms with Gasteiger partial charge in [0.25, 0.3) is 5.56 Å². The number of hydrogen-bond donors (Lipinski definition) is 2. The number of para-hydroxylation sites is 2. The van der Waals surface area contributed by atoms with Gasteiger partial charge in [0.05, 0.1) is 11.6 Å². The zero-order valence-corrected chi connectivity index (χ0v) is 12.4. The Morgan fingerprint density at radius 3 is 2.60 bits per heavy atom. The van der Waals surface area contributed by atoms with Crippen molar-refractivity contribution in [1.29, 1.82) is 0 Å². The van der Waals surface area contributed by atoms with Crippen molar-refractivity contribution in [2.45, 2.75) is 6.92 Å². The molecule has 0 saturated carbocycles. The maximum atomic E-state index is 12.6. The number of aromatic hydroxyl groups is 1. The van der Waals surface area contributed by atoms with Crippen LogP contribution in [0, 0.1) is 6.92 Å². The zero-order valence-electron chi connectivity index (χ0n) is 11.6. The van der Waals surface area contributed by atoms with Gasteiger partial charge in [-0.2, -0.15) is 0 Å². The van der Waals surface area contributed by atoms with E-state index in [-0.39, 0.29) is 11.3 Å². The third-order valence-electron chi connectivity index (χ3n) is 3.27. The van der Waals surface area contributed by atoms with Crippen LogP contribution in [0.4, 0.5) is 5.69 Å². The lowest BCUT2D eigenvalue weighted by molar-refractivity contribution is 0.464. The van der Waals surface area contributed by atoms with E-state index in [9.17, 15) is 9.90 Å². The van der Waals surface area contributed by atoms with E-state index in [1.165, 1.54) is 10.7 Å². The van der Waals surface area contributed by atoms with Crippen LogP contribution in [0.25, 0.3) is 5.69 Å². The minimum absolute atomic E-state index is 0.0425. The molecule has 20 heavy (non-hydrogen) atoms. The van der Waals surface area contributed by atoms with Gasteiger partial charge in [-0.1, -0.05) is 12.1 Å². The summed E-state index contributed by atoms with van der Waals surface area (Å²) in [5, 5.41) is 9.92. The number of phenolic OH excluding ortho intramolecular Hbond substituents is 1. The van der Waals surface area contributed by atoms with Gasteiger partial charge in [-0.15, -0.1) is 0 Å². The number of nitrogens with zero attached hydrogens (tertiary/aromatic N) is 3. The smallest absolute Gasteiger partial charge is 0.295 e. The fourth-order valence-corrected chi connectivity index (χ4v) is 2.50. The van der Waals surface area contributed by atoms with Crippen molar-refractivity contribution in [1.82, 2.24) is 9.36 Å². The molecule has 0 aliphatic heterocycles. The van der Waals surface area contributed by atoms with Crippen molar-refractivity contribution in [2.75, 3.05) is 17.8 Å². The Balaban J connectivity index is 2.66. The molecular weight excluding hydrogens is 278 g/mol. The summed E-state index contributed by atoms with van der Waals surface area (Å²) in [7, 11) is 3.49. The molecule has 0 aliphatic carbocycles. The Morgan fingerprint density at radius 2 is 2.00 bits per heavy atom. The predicted molar refractivity (Wildman–Crippen MR) is 80.9 cm³/mol. The second-order valence-electron chi connectivity index (χ2n) is 4.52. The van der Waals surface area contributed by atoms with Gasteiger partial charge >= 0.3 is 0 Å². The molecule has 0 spiro atoms. The third kappa shape index (κ3) is 2.30. The quantitative estimate of drug-likeness (QED) is 0.665. The van der Waals surface area contributed by atoms with Gasteiger partial charge in [-0.05, 0) is 19.1 Å². The summed E-state index contributed by atoms with van der Waals surface area (Å²) >= 11 is 0.655. The predicted octanol–water partition coefficient (Wildman–Crippen LogP) is 1.79. The van der Waals surface area contributed by atoms with Gasteiger partial charge in [-0.3, -0.25) is 9.48 Å². The Kier molecular flexibility index (Phi) is 4.10. The molecule has 1 aromatic carbocycles. The number of hydrogen-bond acceptors (Lipinski definition) is 5. The summed E-state index contributed by atoms with van der Waals surface area (Å²) in [6.07, 6.45) is 0.